The molecule has 0 spiro atoms. The van der Waals surface area contributed by atoms with Crippen molar-refractivity contribution in [2.45, 2.75) is 44.6 Å². The summed E-state index contributed by atoms with van der Waals surface area (Å²) in [6.07, 6.45) is 8.07. The zero-order valence-corrected chi connectivity index (χ0v) is 7.90. The molecule has 1 aliphatic carbocycles. The molecule has 0 aliphatic heterocycles. The Bertz CT molecular complexity index is 66.0. The first kappa shape index (κ1) is 10.9. The normalized spacial score (nSPS) is 19.9. The lowest BCUT2D eigenvalue weighted by molar-refractivity contribution is 0.583. The first-order valence-electron chi connectivity index (χ1n) is 4.65. The van der Waals surface area contributed by atoms with Gasteiger partial charge in [0.1, 0.15) is 0 Å². The molecule has 0 atom stereocenters. The van der Waals surface area contributed by atoms with Crippen LogP contribution in [0.2, 0.25) is 0 Å². The van der Waals surface area contributed by atoms with E-state index >= 15 is 0 Å². The van der Waals surface area contributed by atoms with Crippen LogP contribution in [0.25, 0.3) is 0 Å². The van der Waals surface area contributed by atoms with Crippen molar-refractivity contribution in [3.8, 4) is 0 Å². The van der Waals surface area contributed by atoms with Gasteiger partial charge >= 0.3 is 0 Å². The van der Waals surface area contributed by atoms with Gasteiger partial charge in [0.05, 0.1) is 0 Å². The van der Waals surface area contributed by atoms with Crippen molar-refractivity contribution in [1.82, 2.24) is 5.32 Å². The molecule has 68 valence electrons. The fraction of sp³-hybridized carbons (Fsp3) is 1.00. The first-order valence-corrected chi connectivity index (χ1v) is 4.65. The van der Waals surface area contributed by atoms with E-state index in [1.54, 1.807) is 0 Å². The first-order chi connectivity index (χ1) is 5.31. The summed E-state index contributed by atoms with van der Waals surface area (Å²) in [4.78, 5) is 0. The lowest BCUT2D eigenvalue weighted by atomic mass is 10.1. The summed E-state index contributed by atoms with van der Waals surface area (Å²) in [6, 6.07) is 0.525. The van der Waals surface area contributed by atoms with Gasteiger partial charge in [-0.15, -0.1) is 0 Å². The largest absolute Gasteiger partial charge is 0.328 e. The zero-order chi connectivity index (χ0) is 8.53. The van der Waals surface area contributed by atoms with E-state index in [1.807, 2.05) is 14.1 Å². The van der Waals surface area contributed by atoms with E-state index in [-0.39, 0.29) is 0 Å². The van der Waals surface area contributed by atoms with E-state index in [9.17, 15) is 0 Å². The number of nitrogens with two attached hydrogens (primary N) is 1. The van der Waals surface area contributed by atoms with Crippen LogP contribution in [0.3, 0.4) is 0 Å². The molecule has 3 N–H and O–H groups in total. The Morgan fingerprint density at radius 2 is 1.36 bits per heavy atom. The Hall–Kier alpha value is -0.0800. The maximum absolute atomic E-state index is 5.73. The van der Waals surface area contributed by atoms with Gasteiger partial charge < -0.3 is 11.1 Å². The molecule has 0 saturated heterocycles. The summed E-state index contributed by atoms with van der Waals surface area (Å²) in [7, 11) is 3.75. The predicted octanol–water partition coefficient (Wildman–Crippen LogP) is 1.50. The molecule has 0 radical (unpaired) electrons. The van der Waals surface area contributed by atoms with Gasteiger partial charge in [-0.2, -0.15) is 0 Å². The molecule has 0 amide bonds. The van der Waals surface area contributed by atoms with Crippen molar-refractivity contribution < 1.29 is 0 Å². The second-order valence-corrected chi connectivity index (χ2v) is 3.25. The van der Waals surface area contributed by atoms with E-state index in [0.717, 1.165) is 0 Å². The van der Waals surface area contributed by atoms with E-state index in [1.165, 1.54) is 38.5 Å². The molecule has 0 unspecified atom stereocenters. The summed E-state index contributed by atoms with van der Waals surface area (Å²) in [5, 5.41) is 2.75. The number of hydrogen-bond donors (Lipinski definition) is 2. The molecular weight excluding hydrogens is 136 g/mol. The van der Waals surface area contributed by atoms with Gasteiger partial charge in [-0.25, -0.2) is 0 Å². The summed E-state index contributed by atoms with van der Waals surface area (Å²) in [5.41, 5.74) is 5.73. The highest BCUT2D eigenvalue weighted by molar-refractivity contribution is 4.65. The number of rotatable bonds is 0. The maximum Gasteiger partial charge on any atom is 0.00388 e. The highest BCUT2D eigenvalue weighted by atomic mass is 14.7. The molecule has 2 nitrogen and oxygen atoms in total. The van der Waals surface area contributed by atoms with Gasteiger partial charge in [-0.3, -0.25) is 0 Å². The molecule has 1 aliphatic rings. The van der Waals surface area contributed by atoms with Gasteiger partial charge in [-0.1, -0.05) is 25.7 Å². The van der Waals surface area contributed by atoms with Crippen molar-refractivity contribution in [2.24, 2.45) is 5.73 Å². The van der Waals surface area contributed by atoms with Crippen LogP contribution >= 0.6 is 0 Å². The second-order valence-electron chi connectivity index (χ2n) is 3.25. The molecule has 11 heavy (non-hydrogen) atoms. The summed E-state index contributed by atoms with van der Waals surface area (Å²) >= 11 is 0. The molecule has 0 aromatic heterocycles. The fourth-order valence-corrected chi connectivity index (χ4v) is 1.31. The SMILES string of the molecule is CNC.NC1CCCCCC1. The Morgan fingerprint density at radius 3 is 1.73 bits per heavy atom. The monoisotopic (exact) mass is 158 g/mol. The lowest BCUT2D eigenvalue weighted by Crippen LogP contribution is -2.17. The summed E-state index contributed by atoms with van der Waals surface area (Å²) in [5.74, 6) is 0. The third-order valence-electron chi connectivity index (χ3n) is 1.90. The van der Waals surface area contributed by atoms with Crippen molar-refractivity contribution in [3.05, 3.63) is 0 Å². The van der Waals surface area contributed by atoms with Gasteiger partial charge in [-0.05, 0) is 26.9 Å². The van der Waals surface area contributed by atoms with Crippen LogP contribution in [0.1, 0.15) is 38.5 Å². The van der Waals surface area contributed by atoms with E-state index in [0.29, 0.717) is 6.04 Å². The van der Waals surface area contributed by atoms with Crippen molar-refractivity contribution >= 4 is 0 Å². The van der Waals surface area contributed by atoms with Crippen molar-refractivity contribution in [3.63, 3.8) is 0 Å². The highest BCUT2D eigenvalue weighted by Crippen LogP contribution is 2.14. The van der Waals surface area contributed by atoms with Crippen LogP contribution in [0.5, 0.6) is 0 Å². The molecule has 1 fully saturated rings. The molecule has 0 aromatic carbocycles. The lowest BCUT2D eigenvalue weighted by Gasteiger charge is -2.03. The average molecular weight is 158 g/mol. The van der Waals surface area contributed by atoms with E-state index < -0.39 is 0 Å². The maximum atomic E-state index is 5.73. The minimum atomic E-state index is 0.525. The van der Waals surface area contributed by atoms with Crippen molar-refractivity contribution in [1.29, 1.82) is 0 Å². The third-order valence-corrected chi connectivity index (χ3v) is 1.90. The molecule has 1 rings (SSSR count). The molecule has 0 aromatic rings. The topological polar surface area (TPSA) is 38.0 Å². The van der Waals surface area contributed by atoms with Gasteiger partial charge in [0.25, 0.3) is 0 Å². The van der Waals surface area contributed by atoms with Gasteiger partial charge in [0.2, 0.25) is 0 Å². The van der Waals surface area contributed by atoms with Crippen LogP contribution in [-0.4, -0.2) is 20.1 Å². The standard InChI is InChI=1S/C7H15N.C2H7N/c8-7-5-3-1-2-4-6-7;1-3-2/h7H,1-6,8H2;3H,1-2H3. The highest BCUT2D eigenvalue weighted by Gasteiger charge is 2.05. The molecular formula is C9H22N2. The zero-order valence-electron chi connectivity index (χ0n) is 7.90. The van der Waals surface area contributed by atoms with Crippen LogP contribution in [0, 0.1) is 0 Å². The number of nitrogens with one attached hydrogen (secondary N) is 1. The number of hydrogen-bond acceptors (Lipinski definition) is 2. The van der Waals surface area contributed by atoms with Crippen LogP contribution in [0.4, 0.5) is 0 Å². The van der Waals surface area contributed by atoms with Gasteiger partial charge in [0.15, 0.2) is 0 Å². The Morgan fingerprint density at radius 1 is 1.00 bits per heavy atom. The molecule has 2 heteroatoms. The van der Waals surface area contributed by atoms with E-state index in [2.05, 4.69) is 5.32 Å². The molecule has 0 bridgehead atoms. The predicted molar refractivity (Wildman–Crippen MR) is 50.7 cm³/mol. The van der Waals surface area contributed by atoms with Gasteiger partial charge in [0, 0.05) is 6.04 Å². The summed E-state index contributed by atoms with van der Waals surface area (Å²) in [6.45, 7) is 0. The third kappa shape index (κ3) is 7.82. The van der Waals surface area contributed by atoms with E-state index in [4.69, 9.17) is 5.73 Å². The fourth-order valence-electron chi connectivity index (χ4n) is 1.31. The molecule has 1 saturated carbocycles. The quantitative estimate of drug-likeness (QED) is 0.524. The Labute approximate surface area is 70.5 Å². The van der Waals surface area contributed by atoms with Crippen molar-refractivity contribution in [2.75, 3.05) is 14.1 Å². The minimum Gasteiger partial charge on any atom is -0.328 e. The Kier molecular flexibility index (Phi) is 7.96. The van der Waals surface area contributed by atoms with Crippen LogP contribution in [-0.2, 0) is 0 Å². The summed E-state index contributed by atoms with van der Waals surface area (Å²) < 4.78 is 0. The van der Waals surface area contributed by atoms with Crippen LogP contribution < -0.4 is 11.1 Å². The smallest absolute Gasteiger partial charge is 0.00388 e. The van der Waals surface area contributed by atoms with Crippen LogP contribution in [0.15, 0.2) is 0 Å². The second kappa shape index (κ2) is 8.02. The average Bonchev–Trinajstić information content (AvgIpc) is 2.18. The molecule has 0 heterocycles. The minimum absolute atomic E-state index is 0.525. The Balaban J connectivity index is 0.000000292.